The van der Waals surface area contributed by atoms with Crippen molar-refractivity contribution in [3.63, 3.8) is 0 Å². The molecular weight excluding hydrogens is 416 g/mol. The highest BCUT2D eigenvalue weighted by Gasteiger charge is 2.55. The molecule has 1 aromatic carbocycles. The normalized spacial score (nSPS) is 21.5. The van der Waals surface area contributed by atoms with Crippen molar-refractivity contribution in [3.05, 3.63) is 47.2 Å². The molecule has 2 amide bonds. The molecule has 8 heteroatoms. The smallest absolute Gasteiger partial charge is 0.355 e. The van der Waals surface area contributed by atoms with E-state index in [0.717, 1.165) is 5.56 Å². The molecule has 164 valence electrons. The maximum Gasteiger partial charge on any atom is 0.355 e. The van der Waals surface area contributed by atoms with Crippen LogP contribution in [0.1, 0.15) is 32.8 Å². The minimum Gasteiger partial charge on any atom is -0.455 e. The van der Waals surface area contributed by atoms with Crippen molar-refractivity contribution in [1.29, 1.82) is 0 Å². The number of carbonyl (C=O) groups is 3. The Kier molecular flexibility index (Phi) is 6.77. The molecule has 2 aliphatic heterocycles. The summed E-state index contributed by atoms with van der Waals surface area (Å²) in [6.07, 6.45) is 4.44. The maximum absolute atomic E-state index is 12.9. The standard InChI is InChI=1S/C23H26N2O5S/c1-5-9-16(26)15-13-31-21-18(24-17(27)12-14-10-7-6-8-11-14)20(28)25(21)19(15)22(29)30-23(2,3)4/h1,6-8,10-11,16,18,21,26H,9,12-13H2,2-4H3,(H,24,27)/t16-,18-,21-/m1/s1. The monoisotopic (exact) mass is 442 g/mol. The molecule has 0 unspecified atom stereocenters. The van der Waals surface area contributed by atoms with Crippen LogP contribution in [0.2, 0.25) is 0 Å². The van der Waals surface area contributed by atoms with Gasteiger partial charge in [0.25, 0.3) is 5.91 Å². The van der Waals surface area contributed by atoms with E-state index in [1.54, 1.807) is 20.8 Å². The molecule has 0 saturated carbocycles. The fourth-order valence-corrected chi connectivity index (χ4v) is 4.87. The summed E-state index contributed by atoms with van der Waals surface area (Å²) in [5, 5.41) is 12.8. The van der Waals surface area contributed by atoms with E-state index in [2.05, 4.69) is 11.2 Å². The topological polar surface area (TPSA) is 95.9 Å². The minimum absolute atomic E-state index is 0.0200. The summed E-state index contributed by atoms with van der Waals surface area (Å²) in [4.78, 5) is 39.6. The van der Waals surface area contributed by atoms with Crippen LogP contribution in [-0.2, 0) is 25.5 Å². The van der Waals surface area contributed by atoms with E-state index in [4.69, 9.17) is 11.2 Å². The van der Waals surface area contributed by atoms with Crippen LogP contribution in [0.3, 0.4) is 0 Å². The third-order valence-electron chi connectivity index (χ3n) is 4.83. The Balaban J connectivity index is 1.79. The highest BCUT2D eigenvalue weighted by Crippen LogP contribution is 2.42. The van der Waals surface area contributed by atoms with Crippen LogP contribution in [0.5, 0.6) is 0 Å². The maximum atomic E-state index is 12.9. The Morgan fingerprint density at radius 2 is 2.03 bits per heavy atom. The molecule has 0 bridgehead atoms. The molecular formula is C23H26N2O5S. The van der Waals surface area contributed by atoms with Crippen LogP contribution in [0.4, 0.5) is 0 Å². The van der Waals surface area contributed by atoms with Crippen LogP contribution in [0.25, 0.3) is 0 Å². The average Bonchev–Trinajstić information content (AvgIpc) is 2.70. The second-order valence-electron chi connectivity index (χ2n) is 8.42. The van der Waals surface area contributed by atoms with Crippen molar-refractivity contribution in [3.8, 4) is 12.3 Å². The summed E-state index contributed by atoms with van der Waals surface area (Å²) >= 11 is 1.37. The van der Waals surface area contributed by atoms with Crippen LogP contribution in [0.15, 0.2) is 41.6 Å². The second-order valence-corrected chi connectivity index (χ2v) is 9.52. The van der Waals surface area contributed by atoms with E-state index in [0.29, 0.717) is 11.3 Å². The number of thioether (sulfide) groups is 1. The molecule has 1 fully saturated rings. The third kappa shape index (κ3) is 5.12. The van der Waals surface area contributed by atoms with Gasteiger partial charge in [-0.25, -0.2) is 4.79 Å². The number of benzene rings is 1. The van der Waals surface area contributed by atoms with E-state index in [1.807, 2.05) is 30.3 Å². The van der Waals surface area contributed by atoms with Crippen molar-refractivity contribution in [1.82, 2.24) is 10.2 Å². The van der Waals surface area contributed by atoms with Crippen LogP contribution in [-0.4, -0.2) is 56.7 Å². The van der Waals surface area contributed by atoms with Crippen LogP contribution >= 0.6 is 11.8 Å². The van der Waals surface area contributed by atoms with Gasteiger partial charge in [0.05, 0.1) is 12.5 Å². The Bertz CT molecular complexity index is 945. The van der Waals surface area contributed by atoms with Gasteiger partial charge in [-0.1, -0.05) is 30.3 Å². The van der Waals surface area contributed by atoms with E-state index < -0.39 is 35.0 Å². The van der Waals surface area contributed by atoms with Crippen molar-refractivity contribution in [2.75, 3.05) is 5.75 Å². The lowest BCUT2D eigenvalue weighted by atomic mass is 9.98. The van der Waals surface area contributed by atoms with Crippen LogP contribution in [0, 0.1) is 12.3 Å². The van der Waals surface area contributed by atoms with Gasteiger partial charge < -0.3 is 15.2 Å². The molecule has 0 spiro atoms. The SMILES string of the molecule is C#CC[C@@H](O)C1=C(C(=O)OC(C)(C)C)N2C(=O)[C@@H](NC(=O)Cc3ccccc3)[C@H]2SC1. The van der Waals surface area contributed by atoms with Gasteiger partial charge in [0.1, 0.15) is 22.7 Å². The number of aliphatic hydroxyl groups excluding tert-OH is 1. The highest BCUT2D eigenvalue weighted by atomic mass is 32.2. The predicted octanol–water partition coefficient (Wildman–Crippen LogP) is 1.61. The summed E-state index contributed by atoms with van der Waals surface area (Å²) in [5.41, 5.74) is 0.466. The molecule has 31 heavy (non-hydrogen) atoms. The molecule has 0 aliphatic carbocycles. The number of esters is 1. The zero-order valence-electron chi connectivity index (χ0n) is 17.8. The predicted molar refractivity (Wildman–Crippen MR) is 117 cm³/mol. The Morgan fingerprint density at radius 1 is 1.35 bits per heavy atom. The first-order chi connectivity index (χ1) is 14.6. The van der Waals surface area contributed by atoms with Gasteiger partial charge in [-0.05, 0) is 26.3 Å². The number of hydrogen-bond donors (Lipinski definition) is 2. The number of terminal acetylenes is 1. The number of nitrogens with zero attached hydrogens (tertiary/aromatic N) is 1. The third-order valence-corrected chi connectivity index (χ3v) is 6.13. The zero-order chi connectivity index (χ0) is 22.8. The first-order valence-electron chi connectivity index (χ1n) is 9.98. The summed E-state index contributed by atoms with van der Waals surface area (Å²) in [7, 11) is 0. The molecule has 2 N–H and O–H groups in total. The Morgan fingerprint density at radius 3 is 2.65 bits per heavy atom. The Hall–Kier alpha value is -2.76. The number of hydrogen-bond acceptors (Lipinski definition) is 6. The second kappa shape index (κ2) is 9.16. The zero-order valence-corrected chi connectivity index (χ0v) is 18.6. The van der Waals surface area contributed by atoms with Crippen LogP contribution < -0.4 is 5.32 Å². The van der Waals surface area contributed by atoms with Crippen molar-refractivity contribution in [2.45, 2.75) is 56.7 Å². The number of fused-ring (bicyclic) bond motifs is 1. The van der Waals surface area contributed by atoms with Gasteiger partial charge >= 0.3 is 5.97 Å². The number of carbonyl (C=O) groups excluding carboxylic acids is 3. The first kappa shape index (κ1) is 22.9. The van der Waals surface area contributed by atoms with Crippen molar-refractivity contribution < 1.29 is 24.2 Å². The molecule has 1 saturated heterocycles. The first-order valence-corrected chi connectivity index (χ1v) is 11.0. The number of β-lactam (4-membered cyclic amide) rings is 1. The Labute approximate surface area is 186 Å². The molecule has 0 aromatic heterocycles. The van der Waals surface area contributed by atoms with Gasteiger partial charge in [0, 0.05) is 17.7 Å². The lowest BCUT2D eigenvalue weighted by molar-refractivity contribution is -0.159. The number of rotatable bonds is 6. The minimum atomic E-state index is -1.06. The van der Waals surface area contributed by atoms with Crippen molar-refractivity contribution in [2.24, 2.45) is 0 Å². The fraction of sp³-hybridized carbons (Fsp3) is 0.435. The summed E-state index contributed by atoms with van der Waals surface area (Å²) in [6, 6.07) is 8.49. The van der Waals surface area contributed by atoms with E-state index in [9.17, 15) is 19.5 Å². The quantitative estimate of drug-likeness (QED) is 0.395. The largest absolute Gasteiger partial charge is 0.455 e. The van der Waals surface area contributed by atoms with E-state index in [1.165, 1.54) is 16.7 Å². The molecule has 1 aromatic rings. The number of nitrogens with one attached hydrogen (secondary N) is 1. The van der Waals surface area contributed by atoms with Gasteiger partial charge in [-0.3, -0.25) is 14.5 Å². The summed E-state index contributed by atoms with van der Waals surface area (Å²) in [6.45, 7) is 5.17. The summed E-state index contributed by atoms with van der Waals surface area (Å²) < 4.78 is 5.48. The van der Waals surface area contributed by atoms with Gasteiger partial charge in [-0.2, -0.15) is 0 Å². The lowest BCUT2D eigenvalue weighted by Gasteiger charge is -2.50. The number of amides is 2. The average molecular weight is 443 g/mol. The molecule has 3 rings (SSSR count). The molecule has 0 radical (unpaired) electrons. The van der Waals surface area contributed by atoms with Gasteiger partial charge in [0.15, 0.2) is 0 Å². The fourth-order valence-electron chi connectivity index (χ4n) is 3.45. The molecule has 3 atom stereocenters. The summed E-state index contributed by atoms with van der Waals surface area (Å²) in [5.74, 6) is 1.31. The molecule has 2 heterocycles. The molecule has 7 nitrogen and oxygen atoms in total. The van der Waals surface area contributed by atoms with E-state index in [-0.39, 0.29) is 24.4 Å². The number of aliphatic hydroxyl groups is 1. The van der Waals surface area contributed by atoms with Gasteiger partial charge in [0.2, 0.25) is 5.91 Å². The highest BCUT2D eigenvalue weighted by molar-refractivity contribution is 8.00. The van der Waals surface area contributed by atoms with Crippen molar-refractivity contribution >= 4 is 29.5 Å². The van der Waals surface area contributed by atoms with Gasteiger partial charge in [-0.15, -0.1) is 24.1 Å². The number of ether oxygens (including phenoxy) is 1. The van der Waals surface area contributed by atoms with E-state index >= 15 is 0 Å². The lowest BCUT2D eigenvalue weighted by Crippen LogP contribution is -2.71. The molecule has 2 aliphatic rings.